The van der Waals surface area contributed by atoms with Crippen molar-refractivity contribution < 1.29 is 24.0 Å². The Bertz CT molecular complexity index is 1350. The number of hydrogen-bond acceptors (Lipinski definition) is 5. The zero-order valence-corrected chi connectivity index (χ0v) is 20.0. The molecule has 1 amide bonds. The van der Waals surface area contributed by atoms with E-state index in [2.05, 4.69) is 5.16 Å². The van der Waals surface area contributed by atoms with Crippen LogP contribution in [0.15, 0.2) is 77.3 Å². The minimum atomic E-state index is -0.866. The van der Waals surface area contributed by atoms with Gasteiger partial charge in [-0.15, -0.1) is 0 Å². The average Bonchev–Trinajstić information content (AvgIpc) is 3.22. The van der Waals surface area contributed by atoms with Gasteiger partial charge in [0.1, 0.15) is 11.4 Å². The summed E-state index contributed by atoms with van der Waals surface area (Å²) in [6.45, 7) is 3.65. The molecule has 0 saturated heterocycles. The van der Waals surface area contributed by atoms with Gasteiger partial charge in [-0.2, -0.15) is 0 Å². The minimum Gasteiger partial charge on any atom is -0.481 e. The molecular formula is C27H23ClN2O5. The number of nitrogens with zero attached hydrogens (tertiary/aromatic N) is 2. The van der Waals surface area contributed by atoms with E-state index in [4.69, 9.17) is 26.0 Å². The molecule has 7 nitrogen and oxygen atoms in total. The molecule has 4 rings (SSSR count). The molecule has 3 aromatic carbocycles. The van der Waals surface area contributed by atoms with E-state index < -0.39 is 12.1 Å². The molecule has 1 aromatic heterocycles. The predicted molar refractivity (Wildman–Crippen MR) is 134 cm³/mol. The van der Waals surface area contributed by atoms with Crippen LogP contribution in [0.25, 0.3) is 22.4 Å². The summed E-state index contributed by atoms with van der Waals surface area (Å²) in [5, 5.41) is 13.6. The molecule has 4 aromatic rings. The van der Waals surface area contributed by atoms with Crippen molar-refractivity contribution in [3.63, 3.8) is 0 Å². The van der Waals surface area contributed by atoms with E-state index in [9.17, 15) is 9.59 Å². The van der Waals surface area contributed by atoms with Gasteiger partial charge < -0.3 is 14.4 Å². The smallest absolute Gasteiger partial charge is 0.419 e. The summed E-state index contributed by atoms with van der Waals surface area (Å²) in [7, 11) is 0. The molecule has 0 aliphatic heterocycles. The monoisotopic (exact) mass is 490 g/mol. The van der Waals surface area contributed by atoms with Crippen molar-refractivity contribution in [2.24, 2.45) is 0 Å². The Hall–Kier alpha value is -4.10. The normalized spacial score (nSPS) is 10.7. The number of hydrogen-bond donors (Lipinski definition) is 1. The first-order chi connectivity index (χ1) is 16.9. The van der Waals surface area contributed by atoms with Crippen LogP contribution in [-0.2, 0) is 16.0 Å². The van der Waals surface area contributed by atoms with Gasteiger partial charge in [-0.3, -0.25) is 4.79 Å². The Labute approximate surface area is 207 Å². The molecule has 0 unspecified atom stereocenters. The summed E-state index contributed by atoms with van der Waals surface area (Å²) in [4.78, 5) is 25.3. The molecule has 178 valence electrons. The Morgan fingerprint density at radius 2 is 1.57 bits per heavy atom. The largest absolute Gasteiger partial charge is 0.481 e. The van der Waals surface area contributed by atoms with Crippen LogP contribution in [0.3, 0.4) is 0 Å². The molecule has 0 aliphatic carbocycles. The number of para-hydroxylation sites is 1. The molecule has 35 heavy (non-hydrogen) atoms. The van der Waals surface area contributed by atoms with Crippen molar-refractivity contribution in [3.8, 4) is 22.4 Å². The second-order valence-corrected chi connectivity index (χ2v) is 8.17. The fourth-order valence-electron chi connectivity index (χ4n) is 3.76. The quantitative estimate of drug-likeness (QED) is 0.303. The number of carboxylic acid groups (broad SMARTS) is 1. The topological polar surface area (TPSA) is 92.9 Å². The van der Waals surface area contributed by atoms with Crippen molar-refractivity contribution in [2.75, 3.05) is 11.5 Å². The summed E-state index contributed by atoms with van der Waals surface area (Å²) in [5.74, 6) is -0.430. The number of aryl methyl sites for hydroxylation is 1. The van der Waals surface area contributed by atoms with Crippen molar-refractivity contribution in [2.45, 2.75) is 20.3 Å². The Balaban J connectivity index is 1.71. The highest BCUT2D eigenvalue weighted by Gasteiger charge is 2.29. The Morgan fingerprint density at radius 1 is 0.971 bits per heavy atom. The maximum atomic E-state index is 13.0. The van der Waals surface area contributed by atoms with Crippen LogP contribution < -0.4 is 4.90 Å². The van der Waals surface area contributed by atoms with Gasteiger partial charge in [0.2, 0.25) is 0 Å². The number of rotatable bonds is 7. The molecule has 0 aliphatic rings. The summed E-state index contributed by atoms with van der Waals surface area (Å²) in [6.07, 6.45) is -0.609. The molecule has 0 saturated carbocycles. The minimum absolute atomic E-state index is 0.0180. The molecule has 1 heterocycles. The number of carbonyl (C=O) groups is 2. The fourth-order valence-corrected chi connectivity index (χ4v) is 3.98. The van der Waals surface area contributed by atoms with Crippen LogP contribution in [0.5, 0.6) is 0 Å². The second-order valence-electron chi connectivity index (χ2n) is 7.77. The van der Waals surface area contributed by atoms with E-state index in [1.165, 1.54) is 4.90 Å². The third-order valence-electron chi connectivity index (χ3n) is 5.40. The number of anilines is 2. The highest BCUT2D eigenvalue weighted by Crippen LogP contribution is 2.40. The SMILES string of the molecule is CCOC(=O)N(c1ccccc1Cl)c1c(-c2ccc(-c3ccc(CC(=O)O)cc3)cc2)noc1C. The highest BCUT2D eigenvalue weighted by atomic mass is 35.5. The maximum Gasteiger partial charge on any atom is 0.419 e. The molecule has 0 spiro atoms. The van der Waals surface area contributed by atoms with Gasteiger partial charge in [-0.25, -0.2) is 9.69 Å². The van der Waals surface area contributed by atoms with Crippen molar-refractivity contribution in [1.82, 2.24) is 5.16 Å². The number of carbonyl (C=O) groups excluding carboxylic acids is 1. The standard InChI is InChI=1S/C27H23ClN2O5/c1-3-34-27(33)30(23-7-5-4-6-22(23)28)26-17(2)35-29-25(26)21-14-12-20(13-15-21)19-10-8-18(9-11-19)16-24(31)32/h4-15H,3,16H2,1-2H3,(H,31,32). The van der Waals surface area contributed by atoms with Crippen LogP contribution in [0.2, 0.25) is 5.02 Å². The van der Waals surface area contributed by atoms with Crippen LogP contribution in [0.1, 0.15) is 18.2 Å². The van der Waals surface area contributed by atoms with Gasteiger partial charge in [0.05, 0.1) is 23.7 Å². The third kappa shape index (κ3) is 5.20. The lowest BCUT2D eigenvalue weighted by molar-refractivity contribution is -0.136. The van der Waals surface area contributed by atoms with Gasteiger partial charge >= 0.3 is 12.1 Å². The lowest BCUT2D eigenvalue weighted by Crippen LogP contribution is -2.27. The first-order valence-electron chi connectivity index (χ1n) is 11.0. The number of carboxylic acids is 1. The van der Waals surface area contributed by atoms with Crippen molar-refractivity contribution >= 4 is 35.0 Å². The summed E-state index contributed by atoms with van der Waals surface area (Å²) in [6, 6.07) is 22.0. The molecule has 0 bridgehead atoms. The summed E-state index contributed by atoms with van der Waals surface area (Å²) >= 11 is 6.43. The van der Waals surface area contributed by atoms with Crippen molar-refractivity contribution in [1.29, 1.82) is 0 Å². The van der Waals surface area contributed by atoms with E-state index in [1.54, 1.807) is 50.2 Å². The first-order valence-corrected chi connectivity index (χ1v) is 11.4. The van der Waals surface area contributed by atoms with E-state index in [1.807, 2.05) is 36.4 Å². The first kappa shape index (κ1) is 24.0. The third-order valence-corrected chi connectivity index (χ3v) is 5.72. The van der Waals surface area contributed by atoms with Crippen LogP contribution in [0.4, 0.5) is 16.2 Å². The molecule has 8 heteroatoms. The molecular weight excluding hydrogens is 468 g/mol. The van der Waals surface area contributed by atoms with Crippen LogP contribution in [-0.4, -0.2) is 28.9 Å². The zero-order chi connectivity index (χ0) is 24.9. The van der Waals surface area contributed by atoms with Crippen molar-refractivity contribution in [3.05, 3.63) is 89.1 Å². The van der Waals surface area contributed by atoms with E-state index >= 15 is 0 Å². The zero-order valence-electron chi connectivity index (χ0n) is 19.2. The van der Waals surface area contributed by atoms with Crippen LogP contribution in [0, 0.1) is 6.92 Å². The summed E-state index contributed by atoms with van der Waals surface area (Å²) < 4.78 is 10.8. The number of aliphatic carboxylic acids is 1. The highest BCUT2D eigenvalue weighted by molar-refractivity contribution is 6.34. The number of aromatic nitrogens is 1. The van der Waals surface area contributed by atoms with E-state index in [-0.39, 0.29) is 13.0 Å². The summed E-state index contributed by atoms with van der Waals surface area (Å²) in [5.41, 5.74) is 4.75. The molecule has 0 fully saturated rings. The maximum absolute atomic E-state index is 13.0. The van der Waals surface area contributed by atoms with Crippen LogP contribution >= 0.6 is 11.6 Å². The van der Waals surface area contributed by atoms with E-state index in [0.717, 1.165) is 22.3 Å². The average molecular weight is 491 g/mol. The lowest BCUT2D eigenvalue weighted by Gasteiger charge is -2.23. The number of ether oxygens (including phenoxy) is 1. The van der Waals surface area contributed by atoms with Gasteiger partial charge in [0.25, 0.3) is 0 Å². The van der Waals surface area contributed by atoms with E-state index in [0.29, 0.717) is 27.9 Å². The number of benzene rings is 3. The Morgan fingerprint density at radius 3 is 2.17 bits per heavy atom. The lowest BCUT2D eigenvalue weighted by atomic mass is 10.0. The molecule has 0 atom stereocenters. The van der Waals surface area contributed by atoms with Gasteiger partial charge in [-0.1, -0.05) is 77.4 Å². The predicted octanol–water partition coefficient (Wildman–Crippen LogP) is 6.89. The molecule has 1 N–H and O–H groups in total. The van der Waals surface area contributed by atoms with Gasteiger partial charge in [0.15, 0.2) is 5.76 Å². The Kier molecular flexibility index (Phi) is 7.17. The molecule has 0 radical (unpaired) electrons. The number of amides is 1. The van der Waals surface area contributed by atoms with Gasteiger partial charge in [-0.05, 0) is 42.7 Å². The number of halogens is 1. The van der Waals surface area contributed by atoms with Gasteiger partial charge in [0, 0.05) is 5.56 Å². The second kappa shape index (κ2) is 10.4. The fraction of sp³-hybridized carbons (Fsp3) is 0.148.